The Morgan fingerprint density at radius 3 is 2.45 bits per heavy atom. The molecule has 1 aliphatic rings. The van der Waals surface area contributed by atoms with Crippen LogP contribution in [0.3, 0.4) is 0 Å². The average Bonchev–Trinajstić information content (AvgIpc) is 2.41. The SMILES string of the molecule is CCC1CCC(CNC(C)(C)C)C(CCCCOC)C1. The molecule has 0 aliphatic heterocycles. The summed E-state index contributed by atoms with van der Waals surface area (Å²) < 4.78 is 5.18. The fraction of sp³-hybridized carbons (Fsp3) is 1.00. The molecule has 1 fully saturated rings. The maximum Gasteiger partial charge on any atom is 0.0462 e. The number of hydrogen-bond donors (Lipinski definition) is 1. The molecule has 3 unspecified atom stereocenters. The second-order valence-electron chi connectivity index (χ2n) is 7.73. The topological polar surface area (TPSA) is 21.3 Å². The third kappa shape index (κ3) is 7.08. The van der Waals surface area contributed by atoms with E-state index < -0.39 is 0 Å². The Labute approximate surface area is 127 Å². The molecular formula is C18H37NO. The molecule has 1 saturated carbocycles. The molecule has 1 aliphatic carbocycles. The number of unbranched alkanes of at least 4 members (excludes halogenated alkanes) is 1. The van der Waals surface area contributed by atoms with Gasteiger partial charge in [-0.15, -0.1) is 0 Å². The van der Waals surface area contributed by atoms with Gasteiger partial charge in [0, 0.05) is 19.3 Å². The third-order valence-electron chi connectivity index (χ3n) is 4.89. The Morgan fingerprint density at radius 1 is 1.10 bits per heavy atom. The van der Waals surface area contributed by atoms with Gasteiger partial charge in [-0.25, -0.2) is 0 Å². The molecule has 0 radical (unpaired) electrons. The molecular weight excluding hydrogens is 246 g/mol. The summed E-state index contributed by atoms with van der Waals surface area (Å²) in [6.07, 6.45) is 9.66. The molecule has 1 rings (SSSR count). The number of nitrogens with one attached hydrogen (secondary N) is 1. The van der Waals surface area contributed by atoms with Gasteiger partial charge in [0.25, 0.3) is 0 Å². The number of hydrogen-bond acceptors (Lipinski definition) is 2. The fourth-order valence-corrected chi connectivity index (χ4v) is 3.51. The van der Waals surface area contributed by atoms with Crippen LogP contribution >= 0.6 is 0 Å². The highest BCUT2D eigenvalue weighted by molar-refractivity contribution is 4.83. The van der Waals surface area contributed by atoms with Gasteiger partial charge in [0.1, 0.15) is 0 Å². The third-order valence-corrected chi connectivity index (χ3v) is 4.89. The molecule has 2 nitrogen and oxygen atoms in total. The van der Waals surface area contributed by atoms with E-state index in [-0.39, 0.29) is 5.54 Å². The summed E-state index contributed by atoms with van der Waals surface area (Å²) in [5, 5.41) is 3.73. The van der Waals surface area contributed by atoms with Crippen molar-refractivity contribution in [2.75, 3.05) is 20.3 Å². The fourth-order valence-electron chi connectivity index (χ4n) is 3.51. The lowest BCUT2D eigenvalue weighted by Crippen LogP contribution is -2.42. The lowest BCUT2D eigenvalue weighted by molar-refractivity contribution is 0.144. The molecule has 0 saturated heterocycles. The van der Waals surface area contributed by atoms with Crippen molar-refractivity contribution in [3.05, 3.63) is 0 Å². The summed E-state index contributed by atoms with van der Waals surface area (Å²) in [5.41, 5.74) is 0.252. The number of ether oxygens (including phenoxy) is 1. The first-order chi connectivity index (χ1) is 9.46. The van der Waals surface area contributed by atoms with Crippen molar-refractivity contribution in [2.45, 2.75) is 78.2 Å². The Bertz CT molecular complexity index is 246. The quantitative estimate of drug-likeness (QED) is 0.656. The summed E-state index contributed by atoms with van der Waals surface area (Å²) in [6.45, 7) is 11.3. The van der Waals surface area contributed by atoms with Crippen LogP contribution in [0.1, 0.15) is 72.6 Å². The minimum absolute atomic E-state index is 0.252. The predicted molar refractivity (Wildman–Crippen MR) is 88.1 cm³/mol. The van der Waals surface area contributed by atoms with Gasteiger partial charge >= 0.3 is 0 Å². The molecule has 120 valence electrons. The molecule has 1 N–H and O–H groups in total. The second-order valence-corrected chi connectivity index (χ2v) is 7.73. The van der Waals surface area contributed by atoms with Gasteiger partial charge in [-0.3, -0.25) is 0 Å². The van der Waals surface area contributed by atoms with Crippen molar-refractivity contribution < 1.29 is 4.74 Å². The predicted octanol–water partition coefficient (Wildman–Crippen LogP) is 4.63. The average molecular weight is 284 g/mol. The van der Waals surface area contributed by atoms with E-state index in [1.165, 1.54) is 51.5 Å². The van der Waals surface area contributed by atoms with Crippen molar-refractivity contribution >= 4 is 0 Å². The van der Waals surface area contributed by atoms with Gasteiger partial charge in [-0.2, -0.15) is 0 Å². The first-order valence-electron chi connectivity index (χ1n) is 8.70. The van der Waals surface area contributed by atoms with Crippen LogP contribution in [-0.4, -0.2) is 25.8 Å². The Kier molecular flexibility index (Phi) is 8.13. The van der Waals surface area contributed by atoms with Crippen LogP contribution in [0, 0.1) is 17.8 Å². The Morgan fingerprint density at radius 2 is 1.85 bits per heavy atom. The standard InChI is InChI=1S/C18H37NO/c1-6-15-10-11-17(14-19-18(2,3)4)16(13-15)9-7-8-12-20-5/h15-17,19H,6-14H2,1-5H3. The molecule has 0 aromatic heterocycles. The van der Waals surface area contributed by atoms with E-state index in [4.69, 9.17) is 4.74 Å². The van der Waals surface area contributed by atoms with Gasteiger partial charge in [-0.1, -0.05) is 32.6 Å². The molecule has 2 heteroatoms. The molecule has 0 heterocycles. The zero-order valence-electron chi connectivity index (χ0n) is 14.5. The molecule has 0 amide bonds. The van der Waals surface area contributed by atoms with Gasteiger partial charge in [0.05, 0.1) is 0 Å². The van der Waals surface area contributed by atoms with Gasteiger partial charge in [0.2, 0.25) is 0 Å². The molecule has 0 aromatic carbocycles. The van der Waals surface area contributed by atoms with Crippen LogP contribution in [0.4, 0.5) is 0 Å². The van der Waals surface area contributed by atoms with E-state index in [1.54, 1.807) is 0 Å². The molecule has 0 bridgehead atoms. The highest BCUT2D eigenvalue weighted by Gasteiger charge is 2.29. The smallest absolute Gasteiger partial charge is 0.0462 e. The molecule has 0 aromatic rings. The highest BCUT2D eigenvalue weighted by Crippen LogP contribution is 2.38. The van der Waals surface area contributed by atoms with Crippen molar-refractivity contribution in [3.63, 3.8) is 0 Å². The summed E-state index contributed by atoms with van der Waals surface area (Å²) >= 11 is 0. The summed E-state index contributed by atoms with van der Waals surface area (Å²) in [4.78, 5) is 0. The summed E-state index contributed by atoms with van der Waals surface area (Å²) in [6, 6.07) is 0. The van der Waals surface area contributed by atoms with Gasteiger partial charge in [-0.05, 0) is 64.3 Å². The number of rotatable bonds is 8. The van der Waals surface area contributed by atoms with Crippen LogP contribution in [0.15, 0.2) is 0 Å². The van der Waals surface area contributed by atoms with E-state index in [0.717, 1.165) is 24.4 Å². The molecule has 0 spiro atoms. The van der Waals surface area contributed by atoms with Crippen LogP contribution in [-0.2, 0) is 4.74 Å². The maximum atomic E-state index is 5.18. The molecule has 20 heavy (non-hydrogen) atoms. The summed E-state index contributed by atoms with van der Waals surface area (Å²) in [7, 11) is 1.81. The highest BCUT2D eigenvalue weighted by atomic mass is 16.5. The van der Waals surface area contributed by atoms with Crippen molar-refractivity contribution in [3.8, 4) is 0 Å². The van der Waals surface area contributed by atoms with Crippen LogP contribution < -0.4 is 5.32 Å². The lowest BCUT2D eigenvalue weighted by atomic mass is 9.71. The Hall–Kier alpha value is -0.0800. The van der Waals surface area contributed by atoms with E-state index in [2.05, 4.69) is 33.0 Å². The number of methoxy groups -OCH3 is 1. The van der Waals surface area contributed by atoms with Crippen LogP contribution in [0.5, 0.6) is 0 Å². The van der Waals surface area contributed by atoms with Gasteiger partial charge < -0.3 is 10.1 Å². The van der Waals surface area contributed by atoms with Crippen molar-refractivity contribution in [2.24, 2.45) is 17.8 Å². The normalized spacial score (nSPS) is 27.8. The zero-order valence-corrected chi connectivity index (χ0v) is 14.5. The summed E-state index contributed by atoms with van der Waals surface area (Å²) in [5.74, 6) is 2.80. The minimum Gasteiger partial charge on any atom is -0.385 e. The first kappa shape index (κ1) is 18.0. The largest absolute Gasteiger partial charge is 0.385 e. The second kappa shape index (κ2) is 9.04. The van der Waals surface area contributed by atoms with E-state index in [0.29, 0.717) is 0 Å². The minimum atomic E-state index is 0.252. The molecule has 3 atom stereocenters. The monoisotopic (exact) mass is 283 g/mol. The van der Waals surface area contributed by atoms with E-state index in [1.807, 2.05) is 7.11 Å². The zero-order chi connectivity index (χ0) is 15.0. The maximum absolute atomic E-state index is 5.18. The van der Waals surface area contributed by atoms with E-state index >= 15 is 0 Å². The van der Waals surface area contributed by atoms with Crippen LogP contribution in [0.2, 0.25) is 0 Å². The first-order valence-corrected chi connectivity index (χ1v) is 8.70. The lowest BCUT2D eigenvalue weighted by Gasteiger charge is -2.38. The van der Waals surface area contributed by atoms with Gasteiger partial charge in [0.15, 0.2) is 0 Å². The van der Waals surface area contributed by atoms with Crippen molar-refractivity contribution in [1.82, 2.24) is 5.32 Å². The van der Waals surface area contributed by atoms with Crippen molar-refractivity contribution in [1.29, 1.82) is 0 Å². The Balaban J connectivity index is 2.42. The van der Waals surface area contributed by atoms with Crippen LogP contribution in [0.25, 0.3) is 0 Å². The van der Waals surface area contributed by atoms with E-state index in [9.17, 15) is 0 Å².